The standard InChI is InChI=1S/C18H17F3N8O2/c1-9(2)23-15-27-14(11-4-3-5-13(25-11)26-17(30)31)28-16(29-15)24-10-6-7-22-12(8-10)18(19,20)21/h3-9H,1-2H3,(H,25,26)(H,30,31)(H2,22,23,24,27,28,29). The van der Waals surface area contributed by atoms with E-state index in [1.165, 1.54) is 12.1 Å². The Morgan fingerprint density at radius 2 is 1.81 bits per heavy atom. The van der Waals surface area contributed by atoms with E-state index in [1.54, 1.807) is 12.1 Å². The molecule has 0 aliphatic carbocycles. The predicted octanol–water partition coefficient (Wildman–Crippen LogP) is 4.00. The van der Waals surface area contributed by atoms with Crippen LogP contribution >= 0.6 is 0 Å². The van der Waals surface area contributed by atoms with Gasteiger partial charge in [0.25, 0.3) is 0 Å². The van der Waals surface area contributed by atoms with Gasteiger partial charge in [-0.1, -0.05) is 6.07 Å². The SMILES string of the molecule is CC(C)Nc1nc(Nc2ccnc(C(F)(F)F)c2)nc(-c2cccc(NC(=O)O)n2)n1. The van der Waals surface area contributed by atoms with E-state index in [9.17, 15) is 18.0 Å². The van der Waals surface area contributed by atoms with Crippen LogP contribution in [0.3, 0.4) is 0 Å². The fourth-order valence-electron chi connectivity index (χ4n) is 2.40. The van der Waals surface area contributed by atoms with E-state index in [2.05, 4.69) is 40.9 Å². The highest BCUT2D eigenvalue weighted by atomic mass is 19.4. The van der Waals surface area contributed by atoms with E-state index in [1.807, 2.05) is 13.8 Å². The number of rotatable bonds is 6. The van der Waals surface area contributed by atoms with Gasteiger partial charge in [-0.25, -0.2) is 9.78 Å². The fourth-order valence-corrected chi connectivity index (χ4v) is 2.40. The summed E-state index contributed by atoms with van der Waals surface area (Å²) in [4.78, 5) is 30.9. The van der Waals surface area contributed by atoms with Crippen molar-refractivity contribution in [1.82, 2.24) is 24.9 Å². The molecule has 1 amide bonds. The third kappa shape index (κ3) is 5.98. The molecule has 10 nitrogen and oxygen atoms in total. The van der Waals surface area contributed by atoms with Gasteiger partial charge >= 0.3 is 12.3 Å². The summed E-state index contributed by atoms with van der Waals surface area (Å²) in [6.45, 7) is 3.70. The molecule has 4 N–H and O–H groups in total. The molecule has 3 aromatic heterocycles. The Bertz CT molecular complexity index is 1090. The minimum absolute atomic E-state index is 0.0362. The van der Waals surface area contributed by atoms with Crippen molar-refractivity contribution in [1.29, 1.82) is 0 Å². The molecule has 0 aliphatic rings. The maximum absolute atomic E-state index is 12.9. The number of nitrogens with zero attached hydrogens (tertiary/aromatic N) is 5. The van der Waals surface area contributed by atoms with E-state index in [0.29, 0.717) is 0 Å². The lowest BCUT2D eigenvalue weighted by molar-refractivity contribution is -0.141. The monoisotopic (exact) mass is 434 g/mol. The van der Waals surface area contributed by atoms with Gasteiger partial charge in [0.15, 0.2) is 5.82 Å². The lowest BCUT2D eigenvalue weighted by Crippen LogP contribution is -2.15. The zero-order valence-electron chi connectivity index (χ0n) is 16.3. The van der Waals surface area contributed by atoms with E-state index in [0.717, 1.165) is 12.3 Å². The Morgan fingerprint density at radius 1 is 1.06 bits per heavy atom. The van der Waals surface area contributed by atoms with Crippen LogP contribution in [0, 0.1) is 0 Å². The summed E-state index contributed by atoms with van der Waals surface area (Å²) in [5.74, 6) is 0.263. The van der Waals surface area contributed by atoms with Gasteiger partial charge in [-0.15, -0.1) is 0 Å². The second-order valence-corrected chi connectivity index (χ2v) is 6.50. The second kappa shape index (κ2) is 8.77. The normalized spacial score (nSPS) is 11.3. The molecule has 0 fully saturated rings. The number of hydrogen-bond donors (Lipinski definition) is 4. The lowest BCUT2D eigenvalue weighted by atomic mass is 10.3. The Hall–Kier alpha value is -4.03. The summed E-state index contributed by atoms with van der Waals surface area (Å²) in [6, 6.07) is 6.67. The van der Waals surface area contributed by atoms with Crippen LogP contribution in [-0.4, -0.2) is 42.2 Å². The van der Waals surface area contributed by atoms with Gasteiger partial charge in [-0.3, -0.25) is 10.3 Å². The van der Waals surface area contributed by atoms with Crippen LogP contribution in [0.1, 0.15) is 19.5 Å². The molecule has 0 saturated carbocycles. The van der Waals surface area contributed by atoms with Gasteiger partial charge in [0, 0.05) is 17.9 Å². The number of carboxylic acid groups (broad SMARTS) is 1. The number of anilines is 4. The number of amides is 1. The average molecular weight is 434 g/mol. The molecule has 0 aliphatic heterocycles. The zero-order valence-corrected chi connectivity index (χ0v) is 16.3. The number of halogens is 3. The van der Waals surface area contributed by atoms with Gasteiger partial charge in [0.05, 0.1) is 0 Å². The first-order valence-corrected chi connectivity index (χ1v) is 8.90. The molecule has 0 unspecified atom stereocenters. The van der Waals surface area contributed by atoms with Crippen LogP contribution in [0.15, 0.2) is 36.5 Å². The first kappa shape index (κ1) is 21.7. The van der Waals surface area contributed by atoms with Crippen molar-refractivity contribution in [2.45, 2.75) is 26.1 Å². The predicted molar refractivity (Wildman–Crippen MR) is 106 cm³/mol. The van der Waals surface area contributed by atoms with Crippen molar-refractivity contribution in [2.24, 2.45) is 0 Å². The molecule has 3 aromatic rings. The van der Waals surface area contributed by atoms with Crippen LogP contribution < -0.4 is 16.0 Å². The topological polar surface area (TPSA) is 138 Å². The molecule has 162 valence electrons. The highest BCUT2D eigenvalue weighted by Crippen LogP contribution is 2.29. The number of pyridine rings is 2. The smallest absolute Gasteiger partial charge is 0.433 e. The molecule has 0 aromatic carbocycles. The van der Waals surface area contributed by atoms with Crippen LogP contribution in [0.2, 0.25) is 0 Å². The van der Waals surface area contributed by atoms with E-state index < -0.39 is 18.0 Å². The van der Waals surface area contributed by atoms with Crippen LogP contribution in [0.25, 0.3) is 11.5 Å². The molecule has 3 heterocycles. The lowest BCUT2D eigenvalue weighted by Gasteiger charge is -2.13. The molecule has 3 rings (SSSR count). The summed E-state index contributed by atoms with van der Waals surface area (Å²) in [5.41, 5.74) is -0.764. The molecule has 0 radical (unpaired) electrons. The van der Waals surface area contributed by atoms with Gasteiger partial charge < -0.3 is 15.7 Å². The van der Waals surface area contributed by atoms with Gasteiger partial charge in [-0.2, -0.15) is 28.1 Å². The molecule has 0 atom stereocenters. The van der Waals surface area contributed by atoms with Crippen molar-refractivity contribution in [3.8, 4) is 11.5 Å². The Labute approximate surface area is 174 Å². The van der Waals surface area contributed by atoms with Crippen molar-refractivity contribution in [2.75, 3.05) is 16.0 Å². The number of aromatic nitrogens is 5. The quantitative estimate of drug-likeness (QED) is 0.453. The molecule has 31 heavy (non-hydrogen) atoms. The maximum atomic E-state index is 12.9. The van der Waals surface area contributed by atoms with Crippen LogP contribution in [0.4, 0.5) is 41.4 Å². The summed E-state index contributed by atoms with van der Waals surface area (Å²) in [6.07, 6.45) is -4.88. The Morgan fingerprint density at radius 3 is 2.48 bits per heavy atom. The van der Waals surface area contributed by atoms with Gasteiger partial charge in [0.2, 0.25) is 11.9 Å². The van der Waals surface area contributed by atoms with Crippen LogP contribution in [0.5, 0.6) is 0 Å². The van der Waals surface area contributed by atoms with Crippen molar-refractivity contribution >= 4 is 29.5 Å². The average Bonchev–Trinajstić information content (AvgIpc) is 2.66. The summed E-state index contributed by atoms with van der Waals surface area (Å²) in [7, 11) is 0. The highest BCUT2D eigenvalue weighted by Gasteiger charge is 2.32. The molecule has 13 heteroatoms. The number of carbonyl (C=O) groups is 1. The summed E-state index contributed by atoms with van der Waals surface area (Å²) < 4.78 is 38.8. The third-order valence-electron chi connectivity index (χ3n) is 3.57. The zero-order chi connectivity index (χ0) is 22.6. The maximum Gasteiger partial charge on any atom is 0.433 e. The fraction of sp³-hybridized carbons (Fsp3) is 0.222. The molecule has 0 saturated heterocycles. The second-order valence-electron chi connectivity index (χ2n) is 6.50. The number of alkyl halides is 3. The van der Waals surface area contributed by atoms with E-state index >= 15 is 0 Å². The van der Waals surface area contributed by atoms with Gasteiger partial charge in [0.1, 0.15) is 17.2 Å². The highest BCUT2D eigenvalue weighted by molar-refractivity contribution is 5.81. The molecular weight excluding hydrogens is 417 g/mol. The van der Waals surface area contributed by atoms with Gasteiger partial charge in [-0.05, 0) is 38.1 Å². The number of nitrogens with one attached hydrogen (secondary N) is 3. The molecule has 0 bridgehead atoms. The largest absolute Gasteiger partial charge is 0.465 e. The Kier molecular flexibility index (Phi) is 6.13. The molecular formula is C18H17F3N8O2. The van der Waals surface area contributed by atoms with E-state index in [-0.39, 0.29) is 41.0 Å². The van der Waals surface area contributed by atoms with E-state index in [4.69, 9.17) is 5.11 Å². The Balaban J connectivity index is 1.99. The van der Waals surface area contributed by atoms with Crippen molar-refractivity contribution in [3.63, 3.8) is 0 Å². The molecule has 0 spiro atoms. The van der Waals surface area contributed by atoms with Crippen molar-refractivity contribution in [3.05, 3.63) is 42.2 Å². The van der Waals surface area contributed by atoms with Crippen LogP contribution in [-0.2, 0) is 6.18 Å². The minimum Gasteiger partial charge on any atom is -0.465 e. The third-order valence-corrected chi connectivity index (χ3v) is 3.57. The summed E-state index contributed by atoms with van der Waals surface area (Å²) >= 11 is 0. The number of hydrogen-bond acceptors (Lipinski definition) is 8. The summed E-state index contributed by atoms with van der Waals surface area (Å²) in [5, 5.41) is 16.7. The van der Waals surface area contributed by atoms with Crippen molar-refractivity contribution < 1.29 is 23.1 Å². The first-order valence-electron chi connectivity index (χ1n) is 8.90. The first-order chi connectivity index (χ1) is 14.6. The minimum atomic E-state index is -4.60.